The Labute approximate surface area is 146 Å². The van der Waals surface area contributed by atoms with Gasteiger partial charge in [-0.2, -0.15) is 0 Å². The first-order valence-electron chi connectivity index (χ1n) is 8.24. The molecular weight excluding hydrogens is 322 g/mol. The molecule has 0 radical (unpaired) electrons. The molecule has 0 aliphatic carbocycles. The first-order chi connectivity index (χ1) is 11.6. The van der Waals surface area contributed by atoms with E-state index in [-0.39, 0.29) is 18.1 Å². The zero-order valence-corrected chi connectivity index (χ0v) is 14.9. The fraction of sp³-hybridized carbons (Fsp3) is 0.444. The molecule has 24 heavy (non-hydrogen) atoms. The van der Waals surface area contributed by atoms with Gasteiger partial charge in [-0.15, -0.1) is 11.3 Å². The second-order valence-electron chi connectivity index (χ2n) is 6.35. The zero-order chi connectivity index (χ0) is 16.9. The lowest BCUT2D eigenvalue weighted by molar-refractivity contribution is -0.123. The van der Waals surface area contributed by atoms with E-state index in [9.17, 15) is 4.79 Å². The van der Waals surface area contributed by atoms with Crippen LogP contribution in [0.1, 0.15) is 24.3 Å². The van der Waals surface area contributed by atoms with Crippen molar-refractivity contribution in [1.82, 2.24) is 15.2 Å². The van der Waals surface area contributed by atoms with Crippen LogP contribution < -0.4 is 10.1 Å². The maximum Gasteiger partial charge on any atom is 0.234 e. The monoisotopic (exact) mass is 345 g/mol. The van der Waals surface area contributed by atoms with Crippen LogP contribution in [0, 0.1) is 0 Å². The molecule has 2 heterocycles. The van der Waals surface area contributed by atoms with Gasteiger partial charge in [-0.05, 0) is 19.9 Å². The summed E-state index contributed by atoms with van der Waals surface area (Å²) in [6.45, 7) is 5.93. The smallest absolute Gasteiger partial charge is 0.234 e. The maximum absolute atomic E-state index is 12.4. The molecule has 0 saturated carbocycles. The predicted molar refractivity (Wildman–Crippen MR) is 95.2 cm³/mol. The topological polar surface area (TPSA) is 54.5 Å². The molecule has 2 atom stereocenters. The molecule has 0 saturated heterocycles. The highest BCUT2D eigenvalue weighted by Crippen LogP contribution is 2.24. The van der Waals surface area contributed by atoms with Crippen molar-refractivity contribution in [3.63, 3.8) is 0 Å². The fourth-order valence-electron chi connectivity index (χ4n) is 3.01. The van der Waals surface area contributed by atoms with E-state index in [1.54, 1.807) is 11.3 Å². The number of hydrogen-bond acceptors (Lipinski definition) is 5. The summed E-state index contributed by atoms with van der Waals surface area (Å²) in [5.41, 5.74) is 2.95. The van der Waals surface area contributed by atoms with Crippen LogP contribution in [0.25, 0.3) is 0 Å². The number of ether oxygens (including phenoxy) is 1. The van der Waals surface area contributed by atoms with Crippen LogP contribution in [0.2, 0.25) is 0 Å². The normalized spacial score (nSPS) is 19.0. The number of fused-ring (bicyclic) bond motifs is 1. The quantitative estimate of drug-likeness (QED) is 0.904. The van der Waals surface area contributed by atoms with Crippen LogP contribution in [0.4, 0.5) is 0 Å². The minimum absolute atomic E-state index is 0.0543. The third-order valence-electron chi connectivity index (χ3n) is 3.98. The van der Waals surface area contributed by atoms with Gasteiger partial charge in [0, 0.05) is 42.2 Å². The van der Waals surface area contributed by atoms with Crippen LogP contribution in [-0.2, 0) is 17.8 Å². The van der Waals surface area contributed by atoms with Crippen molar-refractivity contribution in [3.05, 3.63) is 46.4 Å². The molecule has 1 aliphatic rings. The minimum atomic E-state index is 0.0543. The van der Waals surface area contributed by atoms with E-state index in [0.717, 1.165) is 30.8 Å². The molecule has 1 aliphatic heterocycles. The number of aromatic nitrogens is 1. The Kier molecular flexibility index (Phi) is 5.48. The van der Waals surface area contributed by atoms with E-state index in [2.05, 4.69) is 21.3 Å². The van der Waals surface area contributed by atoms with Crippen molar-refractivity contribution < 1.29 is 9.53 Å². The van der Waals surface area contributed by atoms with E-state index < -0.39 is 0 Å². The number of carbonyl (C=O) groups is 1. The van der Waals surface area contributed by atoms with Gasteiger partial charge in [-0.25, -0.2) is 0 Å². The van der Waals surface area contributed by atoms with E-state index in [1.165, 1.54) is 4.88 Å². The Hall–Kier alpha value is -1.92. The van der Waals surface area contributed by atoms with Crippen molar-refractivity contribution in [2.24, 2.45) is 0 Å². The van der Waals surface area contributed by atoms with Crippen molar-refractivity contribution in [2.45, 2.75) is 39.0 Å². The number of amides is 1. The standard InChI is InChI=1S/C18H23N3O2S/c1-13(7-16-8-19-12-24-16)20-18(22)11-21-9-14(2)23-17-6-4-3-5-15(17)10-21/h3-6,8,12-14H,7,9-11H2,1-2H3,(H,20,22). The Morgan fingerprint density at radius 1 is 1.50 bits per heavy atom. The molecule has 1 aromatic heterocycles. The summed E-state index contributed by atoms with van der Waals surface area (Å²) in [6, 6.07) is 8.14. The third-order valence-corrected chi connectivity index (χ3v) is 4.78. The molecule has 1 N–H and O–H groups in total. The van der Waals surface area contributed by atoms with Gasteiger partial charge in [0.05, 0.1) is 12.1 Å². The third kappa shape index (κ3) is 4.55. The molecule has 6 heteroatoms. The molecule has 0 fully saturated rings. The second-order valence-corrected chi connectivity index (χ2v) is 7.32. The Morgan fingerprint density at radius 2 is 2.33 bits per heavy atom. The van der Waals surface area contributed by atoms with E-state index in [0.29, 0.717) is 6.54 Å². The number of benzene rings is 1. The molecule has 0 spiro atoms. The summed E-state index contributed by atoms with van der Waals surface area (Å²) >= 11 is 1.62. The van der Waals surface area contributed by atoms with Crippen molar-refractivity contribution >= 4 is 17.2 Å². The van der Waals surface area contributed by atoms with E-state index >= 15 is 0 Å². The van der Waals surface area contributed by atoms with Crippen LogP contribution in [0.15, 0.2) is 36.0 Å². The number of nitrogens with one attached hydrogen (secondary N) is 1. The van der Waals surface area contributed by atoms with E-state index in [1.807, 2.05) is 43.8 Å². The average molecular weight is 345 g/mol. The summed E-state index contributed by atoms with van der Waals surface area (Å²) in [4.78, 5) is 19.8. The SMILES string of the molecule is CC(Cc1cncs1)NC(=O)CN1Cc2ccccc2OC(C)C1. The van der Waals surface area contributed by atoms with Gasteiger partial charge >= 0.3 is 0 Å². The summed E-state index contributed by atoms with van der Waals surface area (Å²) in [7, 11) is 0. The lowest BCUT2D eigenvalue weighted by Crippen LogP contribution is -2.43. The molecule has 128 valence electrons. The average Bonchev–Trinajstić information content (AvgIpc) is 2.95. The number of nitrogens with zero attached hydrogens (tertiary/aromatic N) is 2. The molecule has 1 aromatic carbocycles. The number of carbonyl (C=O) groups excluding carboxylic acids is 1. The number of rotatable bonds is 5. The van der Waals surface area contributed by atoms with Gasteiger partial charge in [-0.1, -0.05) is 18.2 Å². The Bertz CT molecular complexity index is 675. The minimum Gasteiger partial charge on any atom is -0.489 e. The van der Waals surface area contributed by atoms with E-state index in [4.69, 9.17) is 4.74 Å². The molecule has 3 rings (SSSR count). The summed E-state index contributed by atoms with van der Waals surface area (Å²) < 4.78 is 5.94. The Morgan fingerprint density at radius 3 is 3.12 bits per heavy atom. The van der Waals surface area contributed by atoms with Crippen LogP contribution in [-0.4, -0.2) is 41.0 Å². The number of hydrogen-bond donors (Lipinski definition) is 1. The predicted octanol–water partition coefficient (Wildman–Crippen LogP) is 2.47. The van der Waals surface area contributed by atoms with Crippen molar-refractivity contribution in [2.75, 3.05) is 13.1 Å². The highest BCUT2D eigenvalue weighted by molar-refractivity contribution is 7.09. The van der Waals surface area contributed by atoms with Gasteiger partial charge in [0.25, 0.3) is 0 Å². The van der Waals surface area contributed by atoms with Gasteiger partial charge in [0.1, 0.15) is 11.9 Å². The maximum atomic E-state index is 12.4. The second kappa shape index (κ2) is 7.77. The lowest BCUT2D eigenvalue weighted by Gasteiger charge is -2.22. The molecule has 1 amide bonds. The molecule has 2 aromatic rings. The van der Waals surface area contributed by atoms with Crippen LogP contribution in [0.3, 0.4) is 0 Å². The highest BCUT2D eigenvalue weighted by Gasteiger charge is 2.22. The molecule has 2 unspecified atom stereocenters. The van der Waals surface area contributed by atoms with Gasteiger partial charge < -0.3 is 10.1 Å². The molecule has 5 nitrogen and oxygen atoms in total. The molecule has 0 bridgehead atoms. The summed E-state index contributed by atoms with van der Waals surface area (Å²) in [5, 5.41) is 3.08. The first kappa shape index (κ1) is 16.9. The fourth-order valence-corrected chi connectivity index (χ4v) is 3.74. The van der Waals surface area contributed by atoms with Crippen LogP contribution >= 0.6 is 11.3 Å². The summed E-state index contributed by atoms with van der Waals surface area (Å²) in [6.07, 6.45) is 2.74. The zero-order valence-electron chi connectivity index (χ0n) is 14.1. The Balaban J connectivity index is 1.55. The van der Waals surface area contributed by atoms with Gasteiger partial charge in [0.15, 0.2) is 0 Å². The van der Waals surface area contributed by atoms with Crippen molar-refractivity contribution in [1.29, 1.82) is 0 Å². The van der Waals surface area contributed by atoms with Crippen LogP contribution in [0.5, 0.6) is 5.75 Å². The first-order valence-corrected chi connectivity index (χ1v) is 9.12. The van der Waals surface area contributed by atoms with Gasteiger partial charge in [-0.3, -0.25) is 14.7 Å². The number of para-hydroxylation sites is 1. The summed E-state index contributed by atoms with van der Waals surface area (Å²) in [5.74, 6) is 0.977. The lowest BCUT2D eigenvalue weighted by atomic mass is 10.2. The van der Waals surface area contributed by atoms with Gasteiger partial charge in [0.2, 0.25) is 5.91 Å². The highest BCUT2D eigenvalue weighted by atomic mass is 32.1. The van der Waals surface area contributed by atoms with Crippen molar-refractivity contribution in [3.8, 4) is 5.75 Å². The largest absolute Gasteiger partial charge is 0.489 e. The number of thiazole rings is 1. The molecular formula is C18H23N3O2S.